The zero-order valence-corrected chi connectivity index (χ0v) is 16.6. The molecule has 7 heteroatoms. The number of anilines is 1. The molecule has 2 N–H and O–H groups in total. The van der Waals surface area contributed by atoms with Gasteiger partial charge in [0, 0.05) is 5.02 Å². The third kappa shape index (κ3) is 5.05. The summed E-state index contributed by atoms with van der Waals surface area (Å²) in [5.74, 6) is -0.531. The first-order chi connectivity index (χ1) is 12.9. The van der Waals surface area contributed by atoms with Gasteiger partial charge in [0.05, 0.1) is 16.6 Å². The summed E-state index contributed by atoms with van der Waals surface area (Å²) in [5, 5.41) is 6.75. The SMILES string of the molecule is CC(C)[C@H](NC(=O)Cc1ccccc1)C(=O)Nc1nc2ccc(Cl)cc2s1. The maximum Gasteiger partial charge on any atom is 0.248 e. The fourth-order valence-corrected chi connectivity index (χ4v) is 3.82. The van der Waals surface area contributed by atoms with Crippen LogP contribution in [-0.4, -0.2) is 22.8 Å². The molecule has 0 bridgehead atoms. The predicted molar refractivity (Wildman–Crippen MR) is 110 cm³/mol. The molecule has 5 nitrogen and oxygen atoms in total. The number of nitrogens with one attached hydrogen (secondary N) is 2. The van der Waals surface area contributed by atoms with Gasteiger partial charge in [-0.25, -0.2) is 4.98 Å². The van der Waals surface area contributed by atoms with Gasteiger partial charge < -0.3 is 10.6 Å². The molecule has 0 saturated heterocycles. The van der Waals surface area contributed by atoms with E-state index in [1.54, 1.807) is 6.07 Å². The molecule has 3 rings (SSSR count). The summed E-state index contributed by atoms with van der Waals surface area (Å²) in [5.41, 5.74) is 1.68. The summed E-state index contributed by atoms with van der Waals surface area (Å²) in [7, 11) is 0. The average Bonchev–Trinajstić information content (AvgIpc) is 3.01. The van der Waals surface area contributed by atoms with Crippen LogP contribution in [0.5, 0.6) is 0 Å². The van der Waals surface area contributed by atoms with Crippen molar-refractivity contribution in [2.24, 2.45) is 5.92 Å². The molecule has 27 heavy (non-hydrogen) atoms. The van der Waals surface area contributed by atoms with Crippen LogP contribution in [0.3, 0.4) is 0 Å². The number of amides is 2. The maximum absolute atomic E-state index is 12.7. The van der Waals surface area contributed by atoms with Crippen molar-refractivity contribution in [3.63, 3.8) is 0 Å². The highest BCUT2D eigenvalue weighted by Crippen LogP contribution is 2.28. The van der Waals surface area contributed by atoms with Crippen LogP contribution in [-0.2, 0) is 16.0 Å². The standard InChI is InChI=1S/C20H20ClN3O2S/c1-12(2)18(23-17(25)10-13-6-4-3-5-7-13)19(26)24-20-22-15-9-8-14(21)11-16(15)27-20/h3-9,11-12,18H,10H2,1-2H3,(H,23,25)(H,22,24,26)/t18-/m0/s1. The number of aromatic nitrogens is 1. The second-order valence-electron chi connectivity index (χ2n) is 6.57. The van der Waals surface area contributed by atoms with Crippen LogP contribution >= 0.6 is 22.9 Å². The zero-order valence-electron chi connectivity index (χ0n) is 15.0. The topological polar surface area (TPSA) is 71.1 Å². The van der Waals surface area contributed by atoms with E-state index in [9.17, 15) is 9.59 Å². The molecule has 0 unspecified atom stereocenters. The van der Waals surface area contributed by atoms with Gasteiger partial charge in [-0.1, -0.05) is 67.1 Å². The van der Waals surface area contributed by atoms with E-state index in [1.807, 2.05) is 56.3 Å². The van der Waals surface area contributed by atoms with Crippen LogP contribution in [0.1, 0.15) is 19.4 Å². The lowest BCUT2D eigenvalue weighted by Crippen LogP contribution is -2.47. The van der Waals surface area contributed by atoms with E-state index in [-0.39, 0.29) is 24.2 Å². The summed E-state index contributed by atoms with van der Waals surface area (Å²) >= 11 is 7.34. The van der Waals surface area contributed by atoms with E-state index in [2.05, 4.69) is 15.6 Å². The molecule has 2 aromatic carbocycles. The molecule has 2 amide bonds. The van der Waals surface area contributed by atoms with E-state index in [4.69, 9.17) is 11.6 Å². The lowest BCUT2D eigenvalue weighted by molar-refractivity contribution is -0.127. The molecule has 1 aromatic heterocycles. The molecule has 140 valence electrons. The fourth-order valence-electron chi connectivity index (χ4n) is 2.68. The Bertz CT molecular complexity index is 956. The van der Waals surface area contributed by atoms with Gasteiger partial charge in [0.2, 0.25) is 11.8 Å². The summed E-state index contributed by atoms with van der Waals surface area (Å²) in [6.07, 6.45) is 0.233. The van der Waals surface area contributed by atoms with E-state index in [0.29, 0.717) is 10.2 Å². The van der Waals surface area contributed by atoms with Gasteiger partial charge in [0.1, 0.15) is 6.04 Å². The Kier molecular flexibility index (Phi) is 6.08. The quantitative estimate of drug-likeness (QED) is 0.647. The molecule has 3 aromatic rings. The number of thiazole rings is 1. The molecule has 0 saturated carbocycles. The normalized spacial score (nSPS) is 12.1. The lowest BCUT2D eigenvalue weighted by Gasteiger charge is -2.21. The Morgan fingerprint density at radius 3 is 2.59 bits per heavy atom. The molecular weight excluding hydrogens is 382 g/mol. The smallest absolute Gasteiger partial charge is 0.248 e. The number of hydrogen-bond donors (Lipinski definition) is 2. The van der Waals surface area contributed by atoms with Crippen molar-refractivity contribution in [2.45, 2.75) is 26.3 Å². The van der Waals surface area contributed by atoms with Crippen molar-refractivity contribution >= 4 is 50.1 Å². The van der Waals surface area contributed by atoms with Crippen molar-refractivity contribution in [3.8, 4) is 0 Å². The van der Waals surface area contributed by atoms with Gasteiger partial charge in [-0.3, -0.25) is 9.59 Å². The lowest BCUT2D eigenvalue weighted by atomic mass is 10.0. The second-order valence-corrected chi connectivity index (χ2v) is 8.04. The van der Waals surface area contributed by atoms with Crippen LogP contribution in [0.15, 0.2) is 48.5 Å². The highest BCUT2D eigenvalue weighted by molar-refractivity contribution is 7.22. The number of halogens is 1. The van der Waals surface area contributed by atoms with Gasteiger partial charge in [-0.15, -0.1) is 0 Å². The third-order valence-corrected chi connectivity index (χ3v) is 5.22. The highest BCUT2D eigenvalue weighted by Gasteiger charge is 2.25. The van der Waals surface area contributed by atoms with Gasteiger partial charge in [-0.2, -0.15) is 0 Å². The Labute approximate surface area is 166 Å². The van der Waals surface area contributed by atoms with Gasteiger partial charge in [0.15, 0.2) is 5.13 Å². The Balaban J connectivity index is 1.68. The molecular formula is C20H20ClN3O2S. The molecule has 0 fully saturated rings. The second kappa shape index (κ2) is 8.50. The summed E-state index contributed by atoms with van der Waals surface area (Å²) < 4.78 is 0.895. The van der Waals surface area contributed by atoms with Crippen molar-refractivity contribution in [1.29, 1.82) is 0 Å². The third-order valence-electron chi connectivity index (χ3n) is 4.05. The van der Waals surface area contributed by atoms with Crippen molar-refractivity contribution in [1.82, 2.24) is 10.3 Å². The van der Waals surface area contributed by atoms with Crippen LogP contribution in [0, 0.1) is 5.92 Å². The maximum atomic E-state index is 12.7. The van der Waals surface area contributed by atoms with E-state index < -0.39 is 6.04 Å². The minimum Gasteiger partial charge on any atom is -0.344 e. The van der Waals surface area contributed by atoms with E-state index >= 15 is 0 Å². The fraction of sp³-hybridized carbons (Fsp3) is 0.250. The highest BCUT2D eigenvalue weighted by atomic mass is 35.5. The molecule has 0 radical (unpaired) electrons. The Morgan fingerprint density at radius 2 is 1.89 bits per heavy atom. The molecule has 0 aliphatic rings. The first-order valence-electron chi connectivity index (χ1n) is 8.62. The van der Waals surface area contributed by atoms with Crippen LogP contribution < -0.4 is 10.6 Å². The minimum atomic E-state index is -0.642. The van der Waals surface area contributed by atoms with Crippen LogP contribution in [0.4, 0.5) is 5.13 Å². The largest absolute Gasteiger partial charge is 0.344 e. The van der Waals surface area contributed by atoms with Gasteiger partial charge in [-0.05, 0) is 29.7 Å². The van der Waals surface area contributed by atoms with Gasteiger partial charge in [0.25, 0.3) is 0 Å². The molecule has 1 heterocycles. The van der Waals surface area contributed by atoms with Crippen molar-refractivity contribution in [2.75, 3.05) is 5.32 Å². The Hall–Kier alpha value is -2.44. The summed E-state index contributed by atoms with van der Waals surface area (Å²) in [4.78, 5) is 29.4. The van der Waals surface area contributed by atoms with E-state index in [0.717, 1.165) is 15.8 Å². The number of rotatable bonds is 6. The van der Waals surface area contributed by atoms with Gasteiger partial charge >= 0.3 is 0 Å². The number of carbonyl (C=O) groups is 2. The summed E-state index contributed by atoms with van der Waals surface area (Å²) in [6, 6.07) is 14.2. The first kappa shape index (κ1) is 19.3. The number of fused-ring (bicyclic) bond motifs is 1. The average molecular weight is 402 g/mol. The zero-order chi connectivity index (χ0) is 19.4. The number of benzene rings is 2. The van der Waals surface area contributed by atoms with E-state index in [1.165, 1.54) is 11.3 Å². The summed E-state index contributed by atoms with van der Waals surface area (Å²) in [6.45, 7) is 3.79. The minimum absolute atomic E-state index is 0.0615. The van der Waals surface area contributed by atoms with Crippen molar-refractivity contribution in [3.05, 3.63) is 59.1 Å². The number of nitrogens with zero attached hydrogens (tertiary/aromatic N) is 1. The molecule has 0 aliphatic carbocycles. The first-order valence-corrected chi connectivity index (χ1v) is 9.82. The van der Waals surface area contributed by atoms with Crippen LogP contribution in [0.2, 0.25) is 5.02 Å². The van der Waals surface area contributed by atoms with Crippen LogP contribution in [0.25, 0.3) is 10.2 Å². The monoisotopic (exact) mass is 401 g/mol. The molecule has 0 spiro atoms. The predicted octanol–water partition coefficient (Wildman–Crippen LogP) is 4.27. The Morgan fingerprint density at radius 1 is 1.15 bits per heavy atom. The number of hydrogen-bond acceptors (Lipinski definition) is 4. The van der Waals surface area contributed by atoms with Crippen molar-refractivity contribution < 1.29 is 9.59 Å². The number of carbonyl (C=O) groups excluding carboxylic acids is 2. The molecule has 1 atom stereocenters. The molecule has 0 aliphatic heterocycles.